The summed E-state index contributed by atoms with van der Waals surface area (Å²) < 4.78 is 13.5. The third kappa shape index (κ3) is 2.26. The van der Waals surface area contributed by atoms with Gasteiger partial charge in [-0.25, -0.2) is 4.39 Å². The molecular weight excluding hydrogens is 179 g/mol. The maximum absolute atomic E-state index is 13.5. The van der Waals surface area contributed by atoms with E-state index < -0.39 is 6.17 Å². The van der Waals surface area contributed by atoms with Crippen LogP contribution in [0.1, 0.15) is 26.2 Å². The minimum absolute atomic E-state index is 0.271. The van der Waals surface area contributed by atoms with Crippen LogP contribution in [0.5, 0.6) is 0 Å². The highest BCUT2D eigenvalue weighted by Gasteiger charge is 2.30. The van der Waals surface area contributed by atoms with Crippen molar-refractivity contribution in [2.45, 2.75) is 38.4 Å². The molecule has 2 aliphatic rings. The van der Waals surface area contributed by atoms with Crippen molar-refractivity contribution >= 4 is 0 Å². The van der Waals surface area contributed by atoms with Crippen molar-refractivity contribution in [3.63, 3.8) is 0 Å². The fraction of sp³-hybridized carbons (Fsp3) is 1.00. The van der Waals surface area contributed by atoms with Crippen molar-refractivity contribution in [1.29, 1.82) is 0 Å². The summed E-state index contributed by atoms with van der Waals surface area (Å²) in [6.07, 6.45) is 2.83. The zero-order valence-corrected chi connectivity index (χ0v) is 9.01. The maximum atomic E-state index is 13.5. The largest absolute Gasteiger partial charge is 0.317 e. The van der Waals surface area contributed by atoms with Crippen LogP contribution in [0.4, 0.5) is 4.39 Å². The molecule has 0 radical (unpaired) electrons. The zero-order chi connectivity index (χ0) is 9.97. The number of hydrogen-bond acceptors (Lipinski definition) is 2. The smallest absolute Gasteiger partial charge is 0.115 e. The van der Waals surface area contributed by atoms with Crippen LogP contribution in [0.2, 0.25) is 0 Å². The average molecular weight is 200 g/mol. The summed E-state index contributed by atoms with van der Waals surface area (Å²) in [5.41, 5.74) is 0. The molecule has 0 aromatic heterocycles. The van der Waals surface area contributed by atoms with Gasteiger partial charge >= 0.3 is 0 Å². The first-order chi connectivity index (χ1) is 6.77. The van der Waals surface area contributed by atoms with Crippen LogP contribution in [0.3, 0.4) is 0 Å². The van der Waals surface area contributed by atoms with Crippen LogP contribution in [0.15, 0.2) is 0 Å². The summed E-state index contributed by atoms with van der Waals surface area (Å²) in [5.74, 6) is 0.271. The van der Waals surface area contributed by atoms with Gasteiger partial charge in [-0.3, -0.25) is 4.90 Å². The topological polar surface area (TPSA) is 15.3 Å². The Morgan fingerprint density at radius 1 is 1.21 bits per heavy atom. The Balaban J connectivity index is 1.85. The molecule has 14 heavy (non-hydrogen) atoms. The Morgan fingerprint density at radius 2 is 1.93 bits per heavy atom. The Morgan fingerprint density at radius 3 is 2.57 bits per heavy atom. The molecule has 82 valence electrons. The van der Waals surface area contributed by atoms with Gasteiger partial charge in [0.15, 0.2) is 0 Å². The molecule has 2 fully saturated rings. The minimum Gasteiger partial charge on any atom is -0.317 e. The molecule has 2 nitrogen and oxygen atoms in total. The second-order valence-corrected chi connectivity index (χ2v) is 4.76. The Labute approximate surface area is 85.9 Å². The van der Waals surface area contributed by atoms with E-state index in [4.69, 9.17) is 0 Å². The van der Waals surface area contributed by atoms with Crippen LogP contribution in [0.25, 0.3) is 0 Å². The lowest BCUT2D eigenvalue weighted by atomic mass is 9.94. The Hall–Kier alpha value is -0.150. The molecule has 0 aromatic carbocycles. The van der Waals surface area contributed by atoms with Crippen LogP contribution >= 0.6 is 0 Å². The van der Waals surface area contributed by atoms with E-state index in [0.717, 1.165) is 26.1 Å². The second kappa shape index (κ2) is 4.58. The normalized spacial score (nSPS) is 37.3. The van der Waals surface area contributed by atoms with Gasteiger partial charge < -0.3 is 5.32 Å². The predicted molar refractivity (Wildman–Crippen MR) is 56.1 cm³/mol. The molecule has 2 atom stereocenters. The Kier molecular flexibility index (Phi) is 3.39. The number of halogens is 1. The molecule has 2 rings (SSSR count). The van der Waals surface area contributed by atoms with E-state index >= 15 is 0 Å². The third-order valence-electron chi connectivity index (χ3n) is 3.72. The van der Waals surface area contributed by atoms with Gasteiger partial charge in [0.1, 0.15) is 6.17 Å². The minimum atomic E-state index is -0.598. The quantitative estimate of drug-likeness (QED) is 0.688. The highest BCUT2D eigenvalue weighted by Crippen LogP contribution is 2.23. The predicted octanol–water partition coefficient (Wildman–Crippen LogP) is 1.42. The van der Waals surface area contributed by atoms with E-state index in [9.17, 15) is 4.39 Å². The first kappa shape index (κ1) is 10.4. The molecule has 0 saturated carbocycles. The van der Waals surface area contributed by atoms with Gasteiger partial charge in [-0.05, 0) is 44.8 Å². The number of hydrogen-bond donors (Lipinski definition) is 1. The van der Waals surface area contributed by atoms with Gasteiger partial charge in [0.2, 0.25) is 0 Å². The number of likely N-dealkylation sites (tertiary alicyclic amines) is 1. The molecule has 2 saturated heterocycles. The maximum Gasteiger partial charge on any atom is 0.115 e. The first-order valence-electron chi connectivity index (χ1n) is 5.86. The summed E-state index contributed by atoms with van der Waals surface area (Å²) in [7, 11) is 0. The van der Waals surface area contributed by atoms with Crippen molar-refractivity contribution in [1.82, 2.24) is 10.2 Å². The standard InChI is InChI=1S/C11H21FN2/c1-9-4-7-14(8-11(9)12)10-2-5-13-6-3-10/h9-11,13H,2-8H2,1H3/t9-,11+/m1/s1. The molecule has 0 spiro atoms. The number of nitrogens with zero attached hydrogens (tertiary/aromatic N) is 1. The summed E-state index contributed by atoms with van der Waals surface area (Å²) >= 11 is 0. The lowest BCUT2D eigenvalue weighted by Gasteiger charge is -2.40. The lowest BCUT2D eigenvalue weighted by Crippen LogP contribution is -2.49. The molecule has 0 aliphatic carbocycles. The number of rotatable bonds is 1. The van der Waals surface area contributed by atoms with Gasteiger partial charge in [0.25, 0.3) is 0 Å². The van der Waals surface area contributed by atoms with Crippen molar-refractivity contribution in [2.75, 3.05) is 26.2 Å². The molecule has 0 amide bonds. The molecule has 0 bridgehead atoms. The van der Waals surface area contributed by atoms with E-state index in [1.807, 2.05) is 6.92 Å². The fourth-order valence-electron chi connectivity index (χ4n) is 2.55. The molecule has 3 heteroatoms. The average Bonchev–Trinajstić information content (AvgIpc) is 2.23. The van der Waals surface area contributed by atoms with Crippen LogP contribution < -0.4 is 5.32 Å². The monoisotopic (exact) mass is 200 g/mol. The molecular formula is C11H21FN2. The summed E-state index contributed by atoms with van der Waals surface area (Å²) in [6, 6.07) is 0.641. The molecule has 2 heterocycles. The van der Waals surface area contributed by atoms with Gasteiger partial charge in [-0.2, -0.15) is 0 Å². The van der Waals surface area contributed by atoms with Crippen molar-refractivity contribution in [3.8, 4) is 0 Å². The SMILES string of the molecule is C[C@@H]1CCN(C2CCNCC2)C[C@@H]1F. The first-order valence-corrected chi connectivity index (χ1v) is 5.86. The number of nitrogens with one attached hydrogen (secondary N) is 1. The summed E-state index contributed by atoms with van der Waals surface area (Å²) in [5, 5.41) is 3.35. The van der Waals surface area contributed by atoms with E-state index in [0.29, 0.717) is 12.6 Å². The molecule has 0 unspecified atom stereocenters. The van der Waals surface area contributed by atoms with E-state index in [-0.39, 0.29) is 5.92 Å². The van der Waals surface area contributed by atoms with Gasteiger partial charge in [0.05, 0.1) is 0 Å². The molecule has 1 N–H and O–H groups in total. The zero-order valence-electron chi connectivity index (χ0n) is 9.01. The van der Waals surface area contributed by atoms with E-state index in [1.165, 1.54) is 12.8 Å². The lowest BCUT2D eigenvalue weighted by molar-refractivity contribution is 0.0518. The highest BCUT2D eigenvalue weighted by molar-refractivity contribution is 4.84. The van der Waals surface area contributed by atoms with Crippen molar-refractivity contribution in [3.05, 3.63) is 0 Å². The summed E-state index contributed by atoms with van der Waals surface area (Å²) in [6.45, 7) is 6.02. The van der Waals surface area contributed by atoms with Crippen molar-refractivity contribution in [2.24, 2.45) is 5.92 Å². The van der Waals surface area contributed by atoms with Crippen LogP contribution in [0, 0.1) is 5.92 Å². The van der Waals surface area contributed by atoms with Gasteiger partial charge in [-0.15, -0.1) is 0 Å². The van der Waals surface area contributed by atoms with Crippen molar-refractivity contribution < 1.29 is 4.39 Å². The number of piperidine rings is 2. The fourth-order valence-corrected chi connectivity index (χ4v) is 2.55. The third-order valence-corrected chi connectivity index (χ3v) is 3.72. The number of alkyl halides is 1. The second-order valence-electron chi connectivity index (χ2n) is 4.76. The van der Waals surface area contributed by atoms with E-state index in [2.05, 4.69) is 10.2 Å². The molecule has 0 aromatic rings. The van der Waals surface area contributed by atoms with Gasteiger partial charge in [0, 0.05) is 12.6 Å². The van der Waals surface area contributed by atoms with Crippen LogP contribution in [-0.2, 0) is 0 Å². The van der Waals surface area contributed by atoms with Gasteiger partial charge in [-0.1, -0.05) is 6.92 Å². The summed E-state index contributed by atoms with van der Waals surface area (Å²) in [4.78, 5) is 2.37. The Bertz CT molecular complexity index is 180. The van der Waals surface area contributed by atoms with Crippen LogP contribution in [-0.4, -0.2) is 43.3 Å². The van der Waals surface area contributed by atoms with E-state index in [1.54, 1.807) is 0 Å². The highest BCUT2D eigenvalue weighted by atomic mass is 19.1. The molecule has 2 aliphatic heterocycles.